The second kappa shape index (κ2) is 6.26. The van der Waals surface area contributed by atoms with E-state index in [9.17, 15) is 4.79 Å². The number of thiophene rings is 1. The molecule has 18 heavy (non-hydrogen) atoms. The third kappa shape index (κ3) is 3.51. The van der Waals surface area contributed by atoms with Crippen molar-refractivity contribution in [1.29, 1.82) is 0 Å². The molecule has 0 spiro atoms. The van der Waals surface area contributed by atoms with E-state index in [-0.39, 0.29) is 17.3 Å². The number of nitrogens with one attached hydrogen (secondary N) is 1. The zero-order valence-corrected chi connectivity index (χ0v) is 12.1. The monoisotopic (exact) mass is 309 g/mol. The van der Waals surface area contributed by atoms with E-state index in [1.54, 1.807) is 0 Å². The molecule has 8 heteroatoms. The smallest absolute Gasteiger partial charge is 0.254 e. The van der Waals surface area contributed by atoms with Gasteiger partial charge in [0, 0.05) is 0 Å². The predicted octanol–water partition coefficient (Wildman–Crippen LogP) is 2.56. The average molecular weight is 310 g/mol. The summed E-state index contributed by atoms with van der Waals surface area (Å²) in [5.74, 6) is -0.498. The van der Waals surface area contributed by atoms with Crippen LogP contribution in [0.2, 0.25) is 8.67 Å². The number of nitrogens with two attached hydrogens (primary N) is 1. The van der Waals surface area contributed by atoms with Gasteiger partial charge in [0.2, 0.25) is 0 Å². The molecule has 1 rings (SSSR count). The van der Waals surface area contributed by atoms with Crippen molar-refractivity contribution >= 4 is 46.3 Å². The summed E-state index contributed by atoms with van der Waals surface area (Å²) in [7, 11) is 0. The summed E-state index contributed by atoms with van der Waals surface area (Å²) < 4.78 is 0.731. The number of hydrogen-bond donors (Lipinski definition) is 3. The van der Waals surface area contributed by atoms with Crippen LogP contribution in [0, 0.1) is 5.92 Å². The normalized spacial score (nSPS) is 13.7. The minimum Gasteiger partial charge on any atom is -0.409 e. The van der Waals surface area contributed by atoms with Gasteiger partial charge in [-0.05, 0) is 12.0 Å². The van der Waals surface area contributed by atoms with Crippen molar-refractivity contribution < 1.29 is 10.0 Å². The highest BCUT2D eigenvalue weighted by Crippen LogP contribution is 2.31. The molecule has 0 aliphatic heterocycles. The van der Waals surface area contributed by atoms with Crippen molar-refractivity contribution in [2.45, 2.75) is 19.9 Å². The van der Waals surface area contributed by atoms with Gasteiger partial charge in [0.15, 0.2) is 5.84 Å². The number of halogens is 2. The Morgan fingerprint density at radius 3 is 2.56 bits per heavy atom. The van der Waals surface area contributed by atoms with Crippen molar-refractivity contribution in [1.82, 2.24) is 5.32 Å². The molecular weight excluding hydrogens is 297 g/mol. The summed E-state index contributed by atoms with van der Waals surface area (Å²) in [6.07, 6.45) is 0. The maximum atomic E-state index is 12.0. The van der Waals surface area contributed by atoms with Crippen molar-refractivity contribution in [2.75, 3.05) is 0 Å². The van der Waals surface area contributed by atoms with E-state index < -0.39 is 11.9 Å². The molecule has 0 aliphatic carbocycles. The summed E-state index contributed by atoms with van der Waals surface area (Å²) in [4.78, 5) is 12.0. The first kappa shape index (κ1) is 15.1. The quantitative estimate of drug-likeness (QED) is 0.346. The van der Waals surface area contributed by atoms with Crippen LogP contribution in [-0.4, -0.2) is 23.0 Å². The highest BCUT2D eigenvalue weighted by molar-refractivity contribution is 7.20. The standard InChI is InChI=1S/C10H13Cl2N3O2S/c1-4(2)7(9(13)15-17)14-10(16)5-3-6(11)18-8(5)12/h3-4,7,17H,1-2H3,(H2,13,15)(H,14,16). The second-order valence-electron chi connectivity index (χ2n) is 3.96. The molecule has 0 fully saturated rings. The maximum absolute atomic E-state index is 12.0. The van der Waals surface area contributed by atoms with Gasteiger partial charge in [-0.25, -0.2) is 0 Å². The van der Waals surface area contributed by atoms with Crippen LogP contribution in [-0.2, 0) is 0 Å². The van der Waals surface area contributed by atoms with Crippen molar-refractivity contribution in [2.24, 2.45) is 16.8 Å². The molecule has 0 aromatic carbocycles. The van der Waals surface area contributed by atoms with Gasteiger partial charge in [0.1, 0.15) is 4.34 Å². The van der Waals surface area contributed by atoms with Crippen molar-refractivity contribution in [3.05, 3.63) is 20.3 Å². The molecule has 1 heterocycles. The molecule has 0 bridgehead atoms. The first-order valence-corrected chi connectivity index (χ1v) is 6.67. The Morgan fingerprint density at radius 2 is 2.17 bits per heavy atom. The van der Waals surface area contributed by atoms with Crippen LogP contribution in [0.5, 0.6) is 0 Å². The Kier molecular flexibility index (Phi) is 5.25. The lowest BCUT2D eigenvalue weighted by Crippen LogP contribution is -2.47. The first-order chi connectivity index (χ1) is 8.36. The SMILES string of the molecule is CC(C)C(NC(=O)c1cc(Cl)sc1Cl)/C(N)=N/O. The molecule has 1 atom stereocenters. The molecule has 1 amide bonds. The fourth-order valence-electron chi connectivity index (χ4n) is 1.36. The Hall–Kier alpha value is -0.980. The van der Waals surface area contributed by atoms with Crippen LogP contribution in [0.1, 0.15) is 24.2 Å². The molecule has 1 unspecified atom stereocenters. The number of amides is 1. The zero-order chi connectivity index (χ0) is 13.9. The number of oxime groups is 1. The van der Waals surface area contributed by atoms with Crippen LogP contribution in [0.15, 0.2) is 11.2 Å². The maximum Gasteiger partial charge on any atom is 0.254 e. The predicted molar refractivity (Wildman–Crippen MR) is 73.8 cm³/mol. The van der Waals surface area contributed by atoms with Gasteiger partial charge in [-0.1, -0.05) is 42.2 Å². The van der Waals surface area contributed by atoms with E-state index in [0.717, 1.165) is 11.3 Å². The van der Waals surface area contributed by atoms with Crippen LogP contribution in [0.3, 0.4) is 0 Å². The van der Waals surface area contributed by atoms with E-state index in [0.29, 0.717) is 8.67 Å². The van der Waals surface area contributed by atoms with Gasteiger partial charge < -0.3 is 16.3 Å². The molecule has 100 valence electrons. The summed E-state index contributed by atoms with van der Waals surface area (Å²) in [6.45, 7) is 3.68. The second-order valence-corrected chi connectivity index (χ2v) is 6.24. The summed E-state index contributed by atoms with van der Waals surface area (Å²) in [6, 6.07) is 0.908. The Bertz CT molecular complexity index is 474. The number of rotatable bonds is 4. The highest BCUT2D eigenvalue weighted by Gasteiger charge is 2.23. The van der Waals surface area contributed by atoms with Crippen molar-refractivity contribution in [3.8, 4) is 0 Å². The number of carbonyl (C=O) groups is 1. The third-order valence-corrected chi connectivity index (χ3v) is 3.78. The molecule has 5 nitrogen and oxygen atoms in total. The average Bonchev–Trinajstić information content (AvgIpc) is 2.63. The van der Waals surface area contributed by atoms with Gasteiger partial charge >= 0.3 is 0 Å². The summed E-state index contributed by atoms with van der Waals surface area (Å²) in [5.41, 5.74) is 5.80. The Labute approximate surface area is 119 Å². The number of carbonyl (C=O) groups excluding carboxylic acids is 1. The number of amidine groups is 1. The third-order valence-electron chi connectivity index (χ3n) is 2.29. The molecule has 1 aromatic rings. The van der Waals surface area contributed by atoms with Crippen LogP contribution in [0.25, 0.3) is 0 Å². The van der Waals surface area contributed by atoms with Gasteiger partial charge in [-0.3, -0.25) is 4.79 Å². The number of nitrogens with zero attached hydrogens (tertiary/aromatic N) is 1. The molecule has 4 N–H and O–H groups in total. The van der Waals surface area contributed by atoms with Gasteiger partial charge in [-0.15, -0.1) is 11.3 Å². The van der Waals surface area contributed by atoms with E-state index >= 15 is 0 Å². The van der Waals surface area contributed by atoms with Crippen LogP contribution >= 0.6 is 34.5 Å². The zero-order valence-electron chi connectivity index (χ0n) is 9.78. The fourth-order valence-corrected chi connectivity index (χ4v) is 2.82. The number of hydrogen-bond acceptors (Lipinski definition) is 4. The molecule has 1 aromatic heterocycles. The largest absolute Gasteiger partial charge is 0.409 e. The summed E-state index contributed by atoms with van der Waals surface area (Å²) >= 11 is 12.7. The van der Waals surface area contributed by atoms with Crippen molar-refractivity contribution in [3.63, 3.8) is 0 Å². The van der Waals surface area contributed by atoms with Crippen LogP contribution < -0.4 is 11.1 Å². The van der Waals surface area contributed by atoms with Gasteiger partial charge in [0.05, 0.1) is 15.9 Å². The molecule has 0 saturated heterocycles. The first-order valence-electron chi connectivity index (χ1n) is 5.10. The Balaban J connectivity index is 2.89. The topological polar surface area (TPSA) is 87.7 Å². The summed E-state index contributed by atoms with van der Waals surface area (Å²) in [5, 5.41) is 14.2. The van der Waals surface area contributed by atoms with Gasteiger partial charge in [-0.2, -0.15) is 0 Å². The molecule has 0 saturated carbocycles. The van der Waals surface area contributed by atoms with E-state index in [1.165, 1.54) is 6.07 Å². The lowest BCUT2D eigenvalue weighted by Gasteiger charge is -2.20. The fraction of sp³-hybridized carbons (Fsp3) is 0.400. The highest BCUT2D eigenvalue weighted by atomic mass is 35.5. The van der Waals surface area contributed by atoms with Crippen LogP contribution in [0.4, 0.5) is 0 Å². The van der Waals surface area contributed by atoms with E-state index in [1.807, 2.05) is 13.8 Å². The minimum absolute atomic E-state index is 0.0299. The van der Waals surface area contributed by atoms with E-state index in [2.05, 4.69) is 10.5 Å². The van der Waals surface area contributed by atoms with Gasteiger partial charge in [0.25, 0.3) is 5.91 Å². The molecule has 0 radical (unpaired) electrons. The molecule has 0 aliphatic rings. The lowest BCUT2D eigenvalue weighted by molar-refractivity contribution is 0.0939. The lowest BCUT2D eigenvalue weighted by atomic mass is 10.0. The molecular formula is C10H13Cl2N3O2S. The Morgan fingerprint density at radius 1 is 1.56 bits per heavy atom. The van der Waals surface area contributed by atoms with E-state index in [4.69, 9.17) is 34.1 Å². The minimum atomic E-state index is -0.572.